The average Bonchev–Trinajstić information content (AvgIpc) is 3.53. The summed E-state index contributed by atoms with van der Waals surface area (Å²) in [6.07, 6.45) is 11.1. The Labute approximate surface area is 287 Å². The zero-order chi connectivity index (χ0) is 28.6. The fourth-order valence-corrected chi connectivity index (χ4v) is 5.64. The first kappa shape index (κ1) is 35.8. The van der Waals surface area contributed by atoms with Crippen LogP contribution in [-0.2, 0) is 24.2 Å². The van der Waals surface area contributed by atoms with Gasteiger partial charge in [0.25, 0.3) is 0 Å². The van der Waals surface area contributed by atoms with Crippen molar-refractivity contribution in [3.8, 4) is 0 Å². The molecule has 5 aromatic rings. The van der Waals surface area contributed by atoms with Crippen LogP contribution in [0.3, 0.4) is 0 Å². The van der Waals surface area contributed by atoms with Crippen LogP contribution in [0.4, 0.5) is 0 Å². The maximum atomic E-state index is 5.98. The van der Waals surface area contributed by atoms with Crippen LogP contribution in [0, 0.1) is 12.0 Å². The van der Waals surface area contributed by atoms with Crippen molar-refractivity contribution >= 4 is 60.1 Å². The molecule has 0 aliphatic heterocycles. The summed E-state index contributed by atoms with van der Waals surface area (Å²) in [5, 5.41) is 6.68. The third kappa shape index (κ3) is 9.57. The Morgan fingerprint density at radius 2 is 1.26 bits per heavy atom. The number of fused-ring (bicyclic) bond motifs is 3. The van der Waals surface area contributed by atoms with Gasteiger partial charge in [-0.25, -0.2) is 11.6 Å². The summed E-state index contributed by atoms with van der Waals surface area (Å²) >= 11 is 13.3. The molecule has 0 bridgehead atoms. The first-order valence-corrected chi connectivity index (χ1v) is 15.0. The van der Waals surface area contributed by atoms with E-state index in [1.807, 2.05) is 54.6 Å². The fourth-order valence-electron chi connectivity index (χ4n) is 4.50. The van der Waals surface area contributed by atoms with Crippen LogP contribution in [0.1, 0.15) is 36.1 Å². The molecule has 0 saturated heterocycles. The van der Waals surface area contributed by atoms with E-state index in [1.165, 1.54) is 54.6 Å². The first-order chi connectivity index (χ1) is 19.3. The number of benzene rings is 4. The van der Waals surface area contributed by atoms with Gasteiger partial charge in [-0.3, -0.25) is 6.08 Å². The molecule has 1 aliphatic rings. The van der Waals surface area contributed by atoms with Crippen LogP contribution in [0.2, 0.25) is 10.0 Å². The van der Waals surface area contributed by atoms with Crippen molar-refractivity contribution in [2.45, 2.75) is 13.8 Å². The van der Waals surface area contributed by atoms with E-state index in [2.05, 4.69) is 93.8 Å². The van der Waals surface area contributed by atoms with Crippen molar-refractivity contribution in [3.05, 3.63) is 160 Å². The van der Waals surface area contributed by atoms with Crippen LogP contribution in [0.5, 0.6) is 0 Å². The van der Waals surface area contributed by atoms with E-state index in [4.69, 9.17) is 23.2 Å². The van der Waals surface area contributed by atoms with E-state index in [9.17, 15) is 0 Å². The predicted octanol–water partition coefficient (Wildman–Crippen LogP) is 5.06. The molecule has 0 N–H and O–H groups in total. The summed E-state index contributed by atoms with van der Waals surface area (Å²) < 4.78 is 1.26. The second kappa shape index (κ2) is 17.1. The molecule has 1 aliphatic carbocycles. The standard InChI is InChI=1S/C17H13.C13H8Cl2.C7H9.2ClH.Zr/c1-3-12-5-7-14-11-15-8-6-13(4-2)10-17(15)16(14)9-12;14-12-5-1-3-10(8-12)7-11-4-2-6-13(15)9-11;1-6-3-4-7(2)5-6;;;/h3-11H,1-2H2;1-6,8-9H;3,5,7H,1-2H3;2*1H;/q-1;;-1;;;+2/p-2. The molecular weight excluding hydrogens is 677 g/mol. The minimum Gasteiger partial charge on any atom is -1.00 e. The van der Waals surface area contributed by atoms with E-state index < -0.39 is 0 Å². The van der Waals surface area contributed by atoms with Crippen molar-refractivity contribution in [1.29, 1.82) is 0 Å². The van der Waals surface area contributed by atoms with E-state index in [0.29, 0.717) is 5.92 Å². The van der Waals surface area contributed by atoms with Gasteiger partial charge in [0.05, 0.1) is 0 Å². The van der Waals surface area contributed by atoms with Gasteiger partial charge in [-0.2, -0.15) is 6.08 Å². The minimum atomic E-state index is 0. The van der Waals surface area contributed by atoms with Gasteiger partial charge in [0, 0.05) is 0 Å². The Morgan fingerprint density at radius 1 is 0.786 bits per heavy atom. The zero-order valence-corrected chi connectivity index (χ0v) is 29.0. The molecule has 212 valence electrons. The Kier molecular flexibility index (Phi) is 14.5. The summed E-state index contributed by atoms with van der Waals surface area (Å²) in [4.78, 5) is 0. The van der Waals surface area contributed by atoms with Gasteiger partial charge in [-0.05, 0) is 11.1 Å². The maximum absolute atomic E-state index is 5.98. The topological polar surface area (TPSA) is 0 Å². The molecule has 0 heterocycles. The van der Waals surface area contributed by atoms with Crippen LogP contribution < -0.4 is 24.8 Å². The Bertz CT molecular complexity index is 1650. The molecule has 0 aromatic heterocycles. The minimum absolute atomic E-state index is 0. The van der Waals surface area contributed by atoms with E-state index in [1.54, 1.807) is 0 Å². The molecule has 0 nitrogen and oxygen atoms in total. The summed E-state index contributed by atoms with van der Waals surface area (Å²) in [5.74, 6) is 0.556. The van der Waals surface area contributed by atoms with E-state index >= 15 is 0 Å². The number of allylic oxidation sites excluding steroid dienone is 4. The number of halogens is 4. The van der Waals surface area contributed by atoms with Crippen molar-refractivity contribution in [2.75, 3.05) is 0 Å². The Hall–Kier alpha value is -2.38. The molecule has 5 aromatic carbocycles. The smallest absolute Gasteiger partial charge is 1.00 e. The second-order valence-corrected chi connectivity index (χ2v) is 11.8. The van der Waals surface area contributed by atoms with Crippen LogP contribution in [-0.4, -0.2) is 3.21 Å². The average molecular weight is 708 g/mol. The summed E-state index contributed by atoms with van der Waals surface area (Å²) in [6, 6.07) is 30.9. The predicted molar refractivity (Wildman–Crippen MR) is 174 cm³/mol. The quantitative estimate of drug-likeness (QED) is 0.230. The summed E-state index contributed by atoms with van der Waals surface area (Å²) in [6.45, 7) is 11.9. The largest absolute Gasteiger partial charge is 1.00 e. The van der Waals surface area contributed by atoms with Crippen LogP contribution in [0.15, 0.2) is 122 Å². The van der Waals surface area contributed by atoms with Gasteiger partial charge in [-0.15, -0.1) is 46.7 Å². The van der Waals surface area contributed by atoms with Crippen molar-refractivity contribution in [2.24, 2.45) is 5.92 Å². The van der Waals surface area contributed by atoms with Crippen molar-refractivity contribution < 1.29 is 49.0 Å². The molecule has 0 radical (unpaired) electrons. The molecule has 1 unspecified atom stereocenters. The van der Waals surface area contributed by atoms with E-state index in [-0.39, 0.29) is 24.8 Å². The van der Waals surface area contributed by atoms with Crippen LogP contribution >= 0.6 is 23.2 Å². The van der Waals surface area contributed by atoms with Gasteiger partial charge in [0.15, 0.2) is 0 Å². The zero-order valence-electron chi connectivity index (χ0n) is 23.5. The number of hydrogen-bond acceptors (Lipinski definition) is 0. The molecule has 5 heteroatoms. The number of rotatable bonds is 4. The van der Waals surface area contributed by atoms with Crippen molar-refractivity contribution in [3.63, 3.8) is 0 Å². The fraction of sp³-hybridized carbons (Fsp3) is 0.0811. The molecular formula is C37H30Cl4Zr-2. The van der Waals surface area contributed by atoms with Gasteiger partial charge in [-0.1, -0.05) is 62.4 Å². The normalized spacial score (nSPS) is 13.0. The Balaban J connectivity index is 0.000000231. The monoisotopic (exact) mass is 704 g/mol. The van der Waals surface area contributed by atoms with Crippen molar-refractivity contribution in [1.82, 2.24) is 0 Å². The molecule has 0 saturated carbocycles. The first-order valence-electron chi connectivity index (χ1n) is 13.0. The van der Waals surface area contributed by atoms with Gasteiger partial charge in [0.1, 0.15) is 0 Å². The van der Waals surface area contributed by atoms with Gasteiger partial charge < -0.3 is 24.8 Å². The SMILES string of the molecule is C=Cc1ccc2[cH-]c3ccc(C=C)cc3c2c1.CC1=CC(C)[C-]=C1.Clc1cccc([C](=[Zr+2])c2cccc(Cl)c2)c1.[Cl-].[Cl-]. The molecule has 1 atom stereocenters. The summed E-state index contributed by atoms with van der Waals surface area (Å²) in [5.41, 5.74) is 5.98. The maximum Gasteiger partial charge on any atom is -1.00 e. The van der Waals surface area contributed by atoms with Gasteiger partial charge >= 0.3 is 120 Å². The third-order valence-electron chi connectivity index (χ3n) is 6.54. The second-order valence-electron chi connectivity index (χ2n) is 9.65. The molecule has 6 rings (SSSR count). The third-order valence-corrected chi connectivity index (χ3v) is 8.43. The van der Waals surface area contributed by atoms with E-state index in [0.717, 1.165) is 32.3 Å². The summed E-state index contributed by atoms with van der Waals surface area (Å²) in [7, 11) is 0. The van der Waals surface area contributed by atoms with Crippen LogP contribution in [0.25, 0.3) is 33.7 Å². The molecule has 42 heavy (non-hydrogen) atoms. The number of hydrogen-bond donors (Lipinski definition) is 0. The molecule has 0 amide bonds. The molecule has 0 spiro atoms. The Morgan fingerprint density at radius 3 is 1.60 bits per heavy atom. The van der Waals surface area contributed by atoms with Gasteiger partial charge in [0.2, 0.25) is 0 Å². The molecule has 0 fully saturated rings.